The third-order valence-electron chi connectivity index (χ3n) is 3.55. The van der Waals surface area contributed by atoms with Crippen molar-refractivity contribution in [3.63, 3.8) is 0 Å². The van der Waals surface area contributed by atoms with Gasteiger partial charge in [-0.05, 0) is 44.6 Å². The molecule has 6 heteroatoms. The van der Waals surface area contributed by atoms with Crippen molar-refractivity contribution in [2.45, 2.75) is 32.6 Å². The van der Waals surface area contributed by atoms with E-state index in [0.717, 1.165) is 25.0 Å². The van der Waals surface area contributed by atoms with E-state index in [1.54, 1.807) is 23.6 Å². The van der Waals surface area contributed by atoms with E-state index in [1.165, 1.54) is 0 Å². The normalized spacial score (nSPS) is 23.2. The van der Waals surface area contributed by atoms with Gasteiger partial charge in [-0.3, -0.25) is 4.79 Å². The van der Waals surface area contributed by atoms with Gasteiger partial charge in [0.15, 0.2) is 0 Å². The standard InChI is InChI=1S/C13H24N2O3S/c1-13(11(16)17)6-5-8-15(10-13)12(18)14-7-3-4-9-19-2/h3-10H2,1-2H3,(H,14,18)(H,16,17). The number of amides is 2. The van der Waals surface area contributed by atoms with Crippen molar-refractivity contribution in [1.82, 2.24) is 10.2 Å². The fourth-order valence-corrected chi connectivity index (χ4v) is 2.76. The molecule has 1 unspecified atom stereocenters. The molecule has 19 heavy (non-hydrogen) atoms. The maximum Gasteiger partial charge on any atom is 0.317 e. The molecule has 2 N–H and O–H groups in total. The number of nitrogens with one attached hydrogen (secondary N) is 1. The van der Waals surface area contributed by atoms with Crippen molar-refractivity contribution in [3.05, 3.63) is 0 Å². The SMILES string of the molecule is CSCCCCNC(=O)N1CCCC(C)(C(=O)O)C1. The monoisotopic (exact) mass is 288 g/mol. The lowest BCUT2D eigenvalue weighted by Gasteiger charge is -2.37. The molecule has 0 bridgehead atoms. The summed E-state index contributed by atoms with van der Waals surface area (Å²) in [4.78, 5) is 24.8. The number of hydrogen-bond donors (Lipinski definition) is 2. The molecule has 0 spiro atoms. The molecule has 1 aliphatic rings. The molecule has 1 saturated heterocycles. The first-order chi connectivity index (χ1) is 8.99. The molecule has 1 heterocycles. The Bertz CT molecular complexity index is 325. The average Bonchev–Trinajstić information content (AvgIpc) is 2.38. The number of carbonyl (C=O) groups is 2. The minimum Gasteiger partial charge on any atom is -0.481 e. The smallest absolute Gasteiger partial charge is 0.317 e. The molecule has 0 aromatic heterocycles. The molecule has 110 valence electrons. The lowest BCUT2D eigenvalue weighted by Crippen LogP contribution is -2.51. The van der Waals surface area contributed by atoms with E-state index in [0.29, 0.717) is 26.1 Å². The summed E-state index contributed by atoms with van der Waals surface area (Å²) in [6.07, 6.45) is 5.52. The molecule has 0 aromatic carbocycles. The first-order valence-corrected chi connectivity index (χ1v) is 8.14. The zero-order valence-electron chi connectivity index (χ0n) is 11.8. The van der Waals surface area contributed by atoms with Gasteiger partial charge >= 0.3 is 12.0 Å². The Kier molecular flexibility index (Phi) is 6.48. The Labute approximate surface area is 119 Å². The van der Waals surface area contributed by atoms with Gasteiger partial charge in [-0.25, -0.2) is 4.79 Å². The number of urea groups is 1. The van der Waals surface area contributed by atoms with Crippen LogP contribution >= 0.6 is 11.8 Å². The lowest BCUT2D eigenvalue weighted by molar-refractivity contribution is -0.150. The molecule has 0 aromatic rings. The summed E-state index contributed by atoms with van der Waals surface area (Å²) < 4.78 is 0. The number of nitrogens with zero attached hydrogens (tertiary/aromatic N) is 1. The van der Waals surface area contributed by atoms with Crippen LogP contribution < -0.4 is 5.32 Å². The van der Waals surface area contributed by atoms with Gasteiger partial charge in [0.25, 0.3) is 0 Å². The van der Waals surface area contributed by atoms with Crippen molar-refractivity contribution in [2.24, 2.45) is 5.41 Å². The van der Waals surface area contributed by atoms with Crippen LogP contribution in [0.4, 0.5) is 4.79 Å². The Balaban J connectivity index is 2.34. The number of carboxylic acids is 1. The summed E-state index contributed by atoms with van der Waals surface area (Å²) in [5.74, 6) is 0.293. The van der Waals surface area contributed by atoms with E-state index < -0.39 is 11.4 Å². The van der Waals surface area contributed by atoms with Crippen molar-refractivity contribution in [2.75, 3.05) is 31.6 Å². The van der Waals surface area contributed by atoms with Crippen molar-refractivity contribution >= 4 is 23.8 Å². The Morgan fingerprint density at radius 2 is 2.16 bits per heavy atom. The topological polar surface area (TPSA) is 69.6 Å². The average molecular weight is 288 g/mol. The fraction of sp³-hybridized carbons (Fsp3) is 0.846. The third kappa shape index (κ3) is 4.93. The first-order valence-electron chi connectivity index (χ1n) is 6.75. The number of thioether (sulfide) groups is 1. The minimum atomic E-state index is -0.815. The Morgan fingerprint density at radius 3 is 2.79 bits per heavy atom. The summed E-state index contributed by atoms with van der Waals surface area (Å²) in [6.45, 7) is 3.34. The number of aliphatic carboxylic acids is 1. The number of piperidine rings is 1. The highest BCUT2D eigenvalue weighted by atomic mass is 32.2. The maximum atomic E-state index is 12.0. The second-order valence-corrected chi connectivity index (χ2v) is 6.31. The van der Waals surface area contributed by atoms with Crippen LogP contribution in [0.15, 0.2) is 0 Å². The van der Waals surface area contributed by atoms with Crippen molar-refractivity contribution in [1.29, 1.82) is 0 Å². The molecular formula is C13H24N2O3S. The van der Waals surface area contributed by atoms with Gasteiger partial charge in [0.1, 0.15) is 0 Å². The number of carbonyl (C=O) groups excluding carboxylic acids is 1. The Morgan fingerprint density at radius 1 is 1.42 bits per heavy atom. The molecule has 0 saturated carbocycles. The molecule has 0 radical (unpaired) electrons. The van der Waals surface area contributed by atoms with Crippen molar-refractivity contribution in [3.8, 4) is 0 Å². The molecule has 1 fully saturated rings. The second kappa shape index (κ2) is 7.62. The largest absolute Gasteiger partial charge is 0.481 e. The molecule has 1 atom stereocenters. The maximum absolute atomic E-state index is 12.0. The second-order valence-electron chi connectivity index (χ2n) is 5.32. The van der Waals surface area contributed by atoms with Crippen LogP contribution in [0.25, 0.3) is 0 Å². The molecule has 2 amide bonds. The first kappa shape index (κ1) is 16.1. The van der Waals surface area contributed by atoms with Crippen LogP contribution in [0.1, 0.15) is 32.6 Å². The molecule has 0 aliphatic carbocycles. The van der Waals surface area contributed by atoms with Crippen LogP contribution in [0.3, 0.4) is 0 Å². The van der Waals surface area contributed by atoms with E-state index in [-0.39, 0.29) is 6.03 Å². The van der Waals surface area contributed by atoms with Crippen LogP contribution in [0, 0.1) is 5.41 Å². The zero-order chi connectivity index (χ0) is 14.3. The zero-order valence-corrected chi connectivity index (χ0v) is 12.6. The molecule has 1 aliphatic heterocycles. The summed E-state index contributed by atoms with van der Waals surface area (Å²) in [7, 11) is 0. The van der Waals surface area contributed by atoms with Crippen LogP contribution in [0.5, 0.6) is 0 Å². The number of hydrogen-bond acceptors (Lipinski definition) is 3. The van der Waals surface area contributed by atoms with Gasteiger partial charge in [0.2, 0.25) is 0 Å². The van der Waals surface area contributed by atoms with Crippen LogP contribution in [-0.2, 0) is 4.79 Å². The molecule has 5 nitrogen and oxygen atoms in total. The van der Waals surface area contributed by atoms with Gasteiger partial charge in [-0.1, -0.05) is 0 Å². The van der Waals surface area contributed by atoms with Gasteiger partial charge in [0.05, 0.1) is 5.41 Å². The van der Waals surface area contributed by atoms with E-state index >= 15 is 0 Å². The fourth-order valence-electron chi connectivity index (χ4n) is 2.27. The molecular weight excluding hydrogens is 264 g/mol. The number of unbranched alkanes of at least 4 members (excludes halogenated alkanes) is 1. The number of carboxylic acid groups (broad SMARTS) is 1. The van der Waals surface area contributed by atoms with E-state index in [4.69, 9.17) is 0 Å². The van der Waals surface area contributed by atoms with E-state index in [9.17, 15) is 14.7 Å². The molecule has 1 rings (SSSR count). The van der Waals surface area contributed by atoms with Crippen LogP contribution in [-0.4, -0.2) is 53.6 Å². The van der Waals surface area contributed by atoms with Gasteiger partial charge in [-0.2, -0.15) is 11.8 Å². The summed E-state index contributed by atoms with van der Waals surface area (Å²) in [5, 5.41) is 12.1. The van der Waals surface area contributed by atoms with Crippen molar-refractivity contribution < 1.29 is 14.7 Å². The summed E-state index contributed by atoms with van der Waals surface area (Å²) in [6, 6.07) is -0.128. The van der Waals surface area contributed by atoms with Gasteiger partial charge in [-0.15, -0.1) is 0 Å². The predicted molar refractivity (Wildman–Crippen MR) is 77.6 cm³/mol. The highest BCUT2D eigenvalue weighted by Crippen LogP contribution is 2.29. The highest BCUT2D eigenvalue weighted by Gasteiger charge is 2.39. The highest BCUT2D eigenvalue weighted by molar-refractivity contribution is 7.98. The quantitative estimate of drug-likeness (QED) is 0.734. The minimum absolute atomic E-state index is 0.128. The summed E-state index contributed by atoms with van der Waals surface area (Å²) >= 11 is 1.80. The van der Waals surface area contributed by atoms with Gasteiger partial charge in [0, 0.05) is 19.6 Å². The third-order valence-corrected chi connectivity index (χ3v) is 4.25. The lowest BCUT2D eigenvalue weighted by atomic mass is 9.82. The van der Waals surface area contributed by atoms with Crippen LogP contribution in [0.2, 0.25) is 0 Å². The van der Waals surface area contributed by atoms with E-state index in [2.05, 4.69) is 11.6 Å². The number of rotatable bonds is 6. The van der Waals surface area contributed by atoms with E-state index in [1.807, 2.05) is 0 Å². The predicted octanol–water partition coefficient (Wildman–Crippen LogP) is 2.03. The summed E-state index contributed by atoms with van der Waals surface area (Å²) in [5.41, 5.74) is -0.797. The number of likely N-dealkylation sites (tertiary alicyclic amines) is 1. The Hall–Kier alpha value is -0.910. The van der Waals surface area contributed by atoms with Gasteiger partial charge < -0.3 is 15.3 Å².